The number of pyridine rings is 1. The number of benzene rings is 1. The molecule has 0 spiro atoms. The third-order valence-corrected chi connectivity index (χ3v) is 2.49. The monoisotopic (exact) mass is 228 g/mol. The van der Waals surface area contributed by atoms with Gasteiger partial charge in [-0.25, -0.2) is 4.39 Å². The Morgan fingerprint density at radius 1 is 1.35 bits per heavy atom. The van der Waals surface area contributed by atoms with E-state index in [0.29, 0.717) is 16.8 Å². The molecule has 0 bridgehead atoms. The van der Waals surface area contributed by atoms with E-state index in [1.54, 1.807) is 19.1 Å². The van der Waals surface area contributed by atoms with Crippen molar-refractivity contribution >= 4 is 0 Å². The second kappa shape index (κ2) is 4.22. The van der Waals surface area contributed by atoms with Gasteiger partial charge in [-0.1, -0.05) is 12.1 Å². The molecule has 0 saturated heterocycles. The molecule has 1 N–H and O–H groups in total. The van der Waals surface area contributed by atoms with Crippen LogP contribution in [0.3, 0.4) is 0 Å². The predicted octanol–water partition coefficient (Wildman–Crippen LogP) is 2.36. The summed E-state index contributed by atoms with van der Waals surface area (Å²) >= 11 is 0. The summed E-state index contributed by atoms with van der Waals surface area (Å²) < 4.78 is 13.1. The van der Waals surface area contributed by atoms with Crippen molar-refractivity contribution in [1.82, 2.24) is 4.98 Å². The zero-order chi connectivity index (χ0) is 12.4. The summed E-state index contributed by atoms with van der Waals surface area (Å²) in [5.41, 5.74) is 1.50. The molecule has 0 unspecified atom stereocenters. The molecule has 0 saturated carbocycles. The highest BCUT2D eigenvalue weighted by molar-refractivity contribution is 5.67. The number of aryl methyl sites for hydroxylation is 1. The standard InChI is InChI=1S/C13H9FN2O/c1-8-12(6-10(7-15)13(17)16-8)9-3-2-4-11(14)5-9/h2-6H,1H3,(H,16,17). The van der Waals surface area contributed by atoms with Crippen LogP contribution in [0, 0.1) is 24.1 Å². The Hall–Kier alpha value is -2.41. The summed E-state index contributed by atoms with van der Waals surface area (Å²) in [6, 6.07) is 9.30. The molecule has 0 fully saturated rings. The van der Waals surface area contributed by atoms with Crippen molar-refractivity contribution in [2.75, 3.05) is 0 Å². The smallest absolute Gasteiger partial charge is 0.266 e. The molecule has 0 aliphatic heterocycles. The van der Waals surface area contributed by atoms with Crippen LogP contribution in [0.25, 0.3) is 11.1 Å². The summed E-state index contributed by atoms with van der Waals surface area (Å²) in [5, 5.41) is 8.79. The quantitative estimate of drug-likeness (QED) is 0.814. The first-order valence-electron chi connectivity index (χ1n) is 5.02. The second-order valence-corrected chi connectivity index (χ2v) is 3.67. The van der Waals surface area contributed by atoms with E-state index in [1.807, 2.05) is 6.07 Å². The van der Waals surface area contributed by atoms with Crippen molar-refractivity contribution in [1.29, 1.82) is 5.26 Å². The van der Waals surface area contributed by atoms with E-state index >= 15 is 0 Å². The van der Waals surface area contributed by atoms with E-state index in [0.717, 1.165) is 0 Å². The number of nitrogens with zero attached hydrogens (tertiary/aromatic N) is 1. The van der Waals surface area contributed by atoms with Crippen LogP contribution in [0.15, 0.2) is 35.1 Å². The number of aromatic nitrogens is 1. The predicted molar refractivity (Wildman–Crippen MR) is 61.9 cm³/mol. The van der Waals surface area contributed by atoms with Crippen LogP contribution in [0.2, 0.25) is 0 Å². The number of halogens is 1. The highest BCUT2D eigenvalue weighted by atomic mass is 19.1. The summed E-state index contributed by atoms with van der Waals surface area (Å²) in [5.74, 6) is -0.355. The lowest BCUT2D eigenvalue weighted by atomic mass is 10.0. The molecule has 0 aliphatic rings. The van der Waals surface area contributed by atoms with Crippen molar-refractivity contribution in [3.63, 3.8) is 0 Å². The Bertz CT molecular complexity index is 668. The molecule has 0 atom stereocenters. The molecule has 1 aromatic carbocycles. The molecule has 17 heavy (non-hydrogen) atoms. The lowest BCUT2D eigenvalue weighted by Gasteiger charge is -2.06. The van der Waals surface area contributed by atoms with Crippen LogP contribution < -0.4 is 5.56 Å². The lowest BCUT2D eigenvalue weighted by molar-refractivity contribution is 0.628. The molecule has 0 radical (unpaired) electrons. The summed E-state index contributed by atoms with van der Waals surface area (Å²) in [6.07, 6.45) is 0. The van der Waals surface area contributed by atoms with Gasteiger partial charge in [0.15, 0.2) is 0 Å². The normalized spacial score (nSPS) is 9.94. The highest BCUT2D eigenvalue weighted by Gasteiger charge is 2.07. The molecule has 2 aromatic rings. The van der Waals surface area contributed by atoms with E-state index in [9.17, 15) is 9.18 Å². The fourth-order valence-electron chi connectivity index (χ4n) is 1.66. The number of H-pyrrole nitrogens is 1. The first kappa shape index (κ1) is 11.1. The van der Waals surface area contributed by atoms with Crippen LogP contribution in [0.5, 0.6) is 0 Å². The van der Waals surface area contributed by atoms with Gasteiger partial charge in [-0.2, -0.15) is 5.26 Å². The van der Waals surface area contributed by atoms with Gasteiger partial charge in [0.05, 0.1) is 0 Å². The van der Waals surface area contributed by atoms with Crippen LogP contribution >= 0.6 is 0 Å². The second-order valence-electron chi connectivity index (χ2n) is 3.67. The largest absolute Gasteiger partial charge is 0.325 e. The molecular weight excluding hydrogens is 219 g/mol. The van der Waals surface area contributed by atoms with Gasteiger partial charge in [-0.15, -0.1) is 0 Å². The lowest BCUT2D eigenvalue weighted by Crippen LogP contribution is -2.11. The van der Waals surface area contributed by atoms with Crippen molar-refractivity contribution in [3.8, 4) is 17.2 Å². The van der Waals surface area contributed by atoms with Crippen LogP contribution in [-0.4, -0.2) is 4.98 Å². The maximum atomic E-state index is 13.1. The first-order valence-corrected chi connectivity index (χ1v) is 5.02. The Kier molecular flexibility index (Phi) is 2.75. The average Bonchev–Trinajstić information content (AvgIpc) is 2.29. The van der Waals surface area contributed by atoms with E-state index in [1.165, 1.54) is 18.2 Å². The number of rotatable bonds is 1. The van der Waals surface area contributed by atoms with Gasteiger partial charge in [-0.3, -0.25) is 4.79 Å². The maximum Gasteiger partial charge on any atom is 0.266 e. The Morgan fingerprint density at radius 3 is 2.76 bits per heavy atom. The Balaban J connectivity index is 2.68. The Labute approximate surface area is 97.2 Å². The zero-order valence-corrected chi connectivity index (χ0v) is 9.12. The molecule has 1 heterocycles. The highest BCUT2D eigenvalue weighted by Crippen LogP contribution is 2.22. The molecule has 2 rings (SSSR count). The number of aromatic amines is 1. The Morgan fingerprint density at radius 2 is 2.12 bits per heavy atom. The summed E-state index contributed by atoms with van der Waals surface area (Å²) in [7, 11) is 0. The topological polar surface area (TPSA) is 56.6 Å². The zero-order valence-electron chi connectivity index (χ0n) is 9.12. The molecule has 0 amide bonds. The van der Waals surface area contributed by atoms with Crippen molar-refractivity contribution in [3.05, 3.63) is 57.8 Å². The fraction of sp³-hybridized carbons (Fsp3) is 0.0769. The van der Waals surface area contributed by atoms with E-state index in [4.69, 9.17) is 5.26 Å². The number of hydrogen-bond donors (Lipinski definition) is 1. The third kappa shape index (κ3) is 2.08. The van der Waals surface area contributed by atoms with Crippen molar-refractivity contribution < 1.29 is 4.39 Å². The number of nitrogens with one attached hydrogen (secondary N) is 1. The minimum absolute atomic E-state index is 0.0230. The van der Waals surface area contributed by atoms with Gasteiger partial charge in [0.2, 0.25) is 0 Å². The van der Waals surface area contributed by atoms with Crippen LogP contribution in [0.4, 0.5) is 4.39 Å². The number of hydrogen-bond acceptors (Lipinski definition) is 2. The molecule has 1 aromatic heterocycles. The molecule has 3 nitrogen and oxygen atoms in total. The van der Waals surface area contributed by atoms with Gasteiger partial charge in [0.1, 0.15) is 17.4 Å². The third-order valence-electron chi connectivity index (χ3n) is 2.49. The SMILES string of the molecule is Cc1[nH]c(=O)c(C#N)cc1-c1cccc(F)c1. The molecular formula is C13H9FN2O. The number of nitriles is 1. The van der Waals surface area contributed by atoms with Gasteiger partial charge >= 0.3 is 0 Å². The van der Waals surface area contributed by atoms with Gasteiger partial charge in [0, 0.05) is 11.3 Å². The molecule has 4 heteroatoms. The van der Waals surface area contributed by atoms with Crippen molar-refractivity contribution in [2.24, 2.45) is 0 Å². The van der Waals surface area contributed by atoms with Crippen LogP contribution in [0.1, 0.15) is 11.3 Å². The van der Waals surface area contributed by atoms with Crippen molar-refractivity contribution in [2.45, 2.75) is 6.92 Å². The summed E-state index contributed by atoms with van der Waals surface area (Å²) in [4.78, 5) is 13.9. The van der Waals surface area contributed by atoms with Crippen LogP contribution in [-0.2, 0) is 0 Å². The van der Waals surface area contributed by atoms with Gasteiger partial charge in [-0.05, 0) is 30.7 Å². The average molecular weight is 228 g/mol. The fourth-order valence-corrected chi connectivity index (χ4v) is 1.66. The van der Waals surface area contributed by atoms with E-state index < -0.39 is 5.56 Å². The summed E-state index contributed by atoms with van der Waals surface area (Å²) in [6.45, 7) is 1.71. The maximum absolute atomic E-state index is 13.1. The minimum atomic E-state index is -0.426. The minimum Gasteiger partial charge on any atom is -0.325 e. The van der Waals surface area contributed by atoms with Gasteiger partial charge < -0.3 is 4.98 Å². The van der Waals surface area contributed by atoms with Gasteiger partial charge in [0.25, 0.3) is 5.56 Å². The first-order chi connectivity index (χ1) is 8.11. The van der Waals surface area contributed by atoms with E-state index in [-0.39, 0.29) is 11.4 Å². The molecule has 84 valence electrons. The molecule has 0 aliphatic carbocycles. The van der Waals surface area contributed by atoms with E-state index in [2.05, 4.69) is 4.98 Å².